The molecule has 10 nitrogen and oxygen atoms in total. The highest BCUT2D eigenvalue weighted by Gasteiger charge is 2.28. The van der Waals surface area contributed by atoms with E-state index in [1.807, 2.05) is 51.1 Å². The van der Waals surface area contributed by atoms with Gasteiger partial charge in [0.2, 0.25) is 5.82 Å². The zero-order chi connectivity index (χ0) is 23.1. The number of piperidine rings is 1. The number of hydrogen-bond donors (Lipinski definition) is 1. The maximum absolute atomic E-state index is 13.0. The molecule has 0 bridgehead atoms. The van der Waals surface area contributed by atoms with Crippen LogP contribution in [0.2, 0.25) is 0 Å². The molecule has 1 saturated heterocycles. The average Bonchev–Trinajstić information content (AvgIpc) is 3.38. The molecule has 5 rings (SSSR count). The van der Waals surface area contributed by atoms with Crippen molar-refractivity contribution in [3.05, 3.63) is 69.4 Å². The molecule has 0 atom stereocenters. The number of H-pyrrole nitrogens is 1. The summed E-state index contributed by atoms with van der Waals surface area (Å²) in [6.07, 6.45) is 2.32. The smallest absolute Gasteiger partial charge is 0.336 e. The number of aryl methyl sites for hydroxylation is 3. The number of carbonyl (C=O) groups is 1. The molecule has 1 amide bonds. The van der Waals surface area contributed by atoms with Gasteiger partial charge < -0.3 is 4.90 Å². The number of benzene rings is 1. The summed E-state index contributed by atoms with van der Waals surface area (Å²) in [5.41, 5.74) is 3.36. The molecular formula is C23H26N8O2. The van der Waals surface area contributed by atoms with Crippen LogP contribution in [0.1, 0.15) is 46.2 Å². The second-order valence-corrected chi connectivity index (χ2v) is 8.69. The predicted molar refractivity (Wildman–Crippen MR) is 122 cm³/mol. The van der Waals surface area contributed by atoms with Gasteiger partial charge in [0.15, 0.2) is 0 Å². The fraction of sp³-hybridized carbons (Fsp3) is 0.391. The Kier molecular flexibility index (Phi) is 5.27. The van der Waals surface area contributed by atoms with E-state index in [2.05, 4.69) is 25.3 Å². The molecular weight excluding hydrogens is 420 g/mol. The van der Waals surface area contributed by atoms with Gasteiger partial charge >= 0.3 is 5.69 Å². The van der Waals surface area contributed by atoms with E-state index in [-0.39, 0.29) is 17.4 Å². The molecule has 1 N–H and O–H groups in total. The summed E-state index contributed by atoms with van der Waals surface area (Å²) in [6, 6.07) is 9.69. The van der Waals surface area contributed by atoms with Crippen LogP contribution >= 0.6 is 0 Å². The first kappa shape index (κ1) is 21.0. The van der Waals surface area contributed by atoms with Crippen LogP contribution in [0, 0.1) is 26.7 Å². The standard InChI is InChI=1S/C23H26N8O2/c1-14-6-4-5-7-18(14)30-19(26-27-23(30)33)13-17-8-10-29(11-9-17)21(32)20-25-22-24-15(2)12-16(3)31(22)28-20/h4-7,12,17H,8-11,13H2,1-3H3,(H,27,33). The second-order valence-electron chi connectivity index (χ2n) is 8.69. The van der Waals surface area contributed by atoms with Gasteiger partial charge in [-0.25, -0.2) is 24.0 Å². The van der Waals surface area contributed by atoms with Crippen molar-refractivity contribution in [2.24, 2.45) is 5.92 Å². The monoisotopic (exact) mass is 446 g/mol. The van der Waals surface area contributed by atoms with Crippen molar-refractivity contribution in [1.29, 1.82) is 0 Å². The molecule has 0 saturated carbocycles. The number of amides is 1. The number of fused-ring (bicyclic) bond motifs is 1. The highest BCUT2D eigenvalue weighted by molar-refractivity contribution is 5.91. The second kappa shape index (κ2) is 8.27. The summed E-state index contributed by atoms with van der Waals surface area (Å²) in [6.45, 7) is 7.02. The molecule has 1 fully saturated rings. The third-order valence-corrected chi connectivity index (χ3v) is 6.28. The molecule has 1 aliphatic rings. The fourth-order valence-electron chi connectivity index (χ4n) is 4.53. The van der Waals surface area contributed by atoms with E-state index in [4.69, 9.17) is 0 Å². The Labute approximate surface area is 190 Å². The van der Waals surface area contributed by atoms with Crippen LogP contribution in [0.4, 0.5) is 0 Å². The number of para-hydroxylation sites is 1. The zero-order valence-corrected chi connectivity index (χ0v) is 18.9. The molecule has 0 radical (unpaired) electrons. The van der Waals surface area contributed by atoms with E-state index in [1.54, 1.807) is 14.0 Å². The van der Waals surface area contributed by atoms with Crippen molar-refractivity contribution >= 4 is 11.7 Å². The largest absolute Gasteiger partial charge is 0.347 e. The van der Waals surface area contributed by atoms with E-state index in [9.17, 15) is 9.59 Å². The molecule has 0 unspecified atom stereocenters. The van der Waals surface area contributed by atoms with Gasteiger partial charge in [0.1, 0.15) is 5.82 Å². The SMILES string of the molecule is Cc1cc(C)n2nc(C(=O)N3CCC(Cc4n[nH]c(=O)n4-c4ccccc4C)CC3)nc2n1. The Morgan fingerprint density at radius 2 is 1.88 bits per heavy atom. The van der Waals surface area contributed by atoms with Crippen molar-refractivity contribution in [2.75, 3.05) is 13.1 Å². The van der Waals surface area contributed by atoms with E-state index < -0.39 is 0 Å². The van der Waals surface area contributed by atoms with Crippen LogP contribution in [0.15, 0.2) is 35.1 Å². The molecule has 10 heteroatoms. The molecule has 1 aliphatic heterocycles. The van der Waals surface area contributed by atoms with Crippen molar-refractivity contribution in [3.8, 4) is 5.69 Å². The van der Waals surface area contributed by atoms with Crippen molar-refractivity contribution in [3.63, 3.8) is 0 Å². The lowest BCUT2D eigenvalue weighted by molar-refractivity contribution is 0.0677. The minimum Gasteiger partial charge on any atom is -0.336 e. The number of likely N-dealkylation sites (tertiary alicyclic amines) is 1. The number of aromatic amines is 1. The van der Waals surface area contributed by atoms with Gasteiger partial charge in [0.05, 0.1) is 5.69 Å². The molecule has 0 aliphatic carbocycles. The van der Waals surface area contributed by atoms with E-state index in [0.717, 1.165) is 41.3 Å². The highest BCUT2D eigenvalue weighted by atomic mass is 16.2. The maximum atomic E-state index is 13.0. The van der Waals surface area contributed by atoms with Gasteiger partial charge in [-0.15, -0.1) is 5.10 Å². The normalized spacial score (nSPS) is 14.8. The molecule has 3 aromatic heterocycles. The quantitative estimate of drug-likeness (QED) is 0.513. The fourth-order valence-corrected chi connectivity index (χ4v) is 4.53. The zero-order valence-electron chi connectivity index (χ0n) is 18.9. The van der Waals surface area contributed by atoms with Crippen LogP contribution in [0.3, 0.4) is 0 Å². The summed E-state index contributed by atoms with van der Waals surface area (Å²) >= 11 is 0. The van der Waals surface area contributed by atoms with Crippen molar-refractivity contribution < 1.29 is 4.79 Å². The number of carbonyl (C=O) groups excluding carboxylic acids is 1. The lowest BCUT2D eigenvalue weighted by Gasteiger charge is -2.31. The van der Waals surface area contributed by atoms with Gasteiger partial charge in [-0.05, 0) is 57.2 Å². The summed E-state index contributed by atoms with van der Waals surface area (Å²) in [7, 11) is 0. The molecule has 33 heavy (non-hydrogen) atoms. The minimum absolute atomic E-state index is 0.174. The third kappa shape index (κ3) is 3.92. The summed E-state index contributed by atoms with van der Waals surface area (Å²) < 4.78 is 3.26. The Morgan fingerprint density at radius 1 is 1.12 bits per heavy atom. The minimum atomic E-state index is -0.232. The molecule has 1 aromatic carbocycles. The van der Waals surface area contributed by atoms with Gasteiger partial charge in [0, 0.05) is 30.9 Å². The van der Waals surface area contributed by atoms with E-state index in [0.29, 0.717) is 31.2 Å². The maximum Gasteiger partial charge on any atom is 0.347 e. The first-order valence-corrected chi connectivity index (χ1v) is 11.1. The molecule has 4 aromatic rings. The van der Waals surface area contributed by atoms with Crippen LogP contribution < -0.4 is 5.69 Å². The number of nitrogens with one attached hydrogen (secondary N) is 1. The van der Waals surface area contributed by atoms with Gasteiger partial charge in [-0.2, -0.15) is 10.1 Å². The Hall–Kier alpha value is -3.82. The highest BCUT2D eigenvalue weighted by Crippen LogP contribution is 2.23. The Morgan fingerprint density at radius 3 is 2.64 bits per heavy atom. The Bertz CT molecular complexity index is 1390. The van der Waals surface area contributed by atoms with Crippen LogP contribution in [0.5, 0.6) is 0 Å². The molecule has 0 spiro atoms. The van der Waals surface area contributed by atoms with Gasteiger partial charge in [-0.1, -0.05) is 18.2 Å². The molecule has 4 heterocycles. The van der Waals surface area contributed by atoms with Crippen LogP contribution in [0.25, 0.3) is 11.5 Å². The van der Waals surface area contributed by atoms with Crippen LogP contribution in [-0.2, 0) is 6.42 Å². The Balaban J connectivity index is 1.28. The lowest BCUT2D eigenvalue weighted by Crippen LogP contribution is -2.39. The van der Waals surface area contributed by atoms with Gasteiger partial charge in [0.25, 0.3) is 11.7 Å². The summed E-state index contributed by atoms with van der Waals surface area (Å²) in [4.78, 5) is 35.9. The first-order chi connectivity index (χ1) is 15.9. The third-order valence-electron chi connectivity index (χ3n) is 6.28. The van der Waals surface area contributed by atoms with E-state index in [1.165, 1.54) is 0 Å². The average molecular weight is 447 g/mol. The first-order valence-electron chi connectivity index (χ1n) is 11.1. The summed E-state index contributed by atoms with van der Waals surface area (Å²) in [5.74, 6) is 1.49. The molecule has 170 valence electrons. The van der Waals surface area contributed by atoms with Crippen molar-refractivity contribution in [1.82, 2.24) is 39.2 Å². The van der Waals surface area contributed by atoms with E-state index >= 15 is 0 Å². The predicted octanol–water partition coefficient (Wildman–Crippen LogP) is 2.02. The van der Waals surface area contributed by atoms with Gasteiger partial charge in [-0.3, -0.25) is 4.79 Å². The number of hydrogen-bond acceptors (Lipinski definition) is 6. The topological polar surface area (TPSA) is 114 Å². The van der Waals surface area contributed by atoms with Crippen LogP contribution in [-0.4, -0.2) is 58.2 Å². The number of nitrogens with zero attached hydrogens (tertiary/aromatic N) is 7. The van der Waals surface area contributed by atoms with Crippen molar-refractivity contribution in [2.45, 2.75) is 40.0 Å². The summed E-state index contributed by atoms with van der Waals surface area (Å²) in [5, 5.41) is 11.2. The number of rotatable bonds is 4. The number of aromatic nitrogens is 7. The lowest BCUT2D eigenvalue weighted by atomic mass is 9.93.